The number of methoxy groups -OCH3 is 2. The minimum Gasteiger partial charge on any atom is -0.492 e. The van der Waals surface area contributed by atoms with Gasteiger partial charge in [0.2, 0.25) is 5.69 Å². The van der Waals surface area contributed by atoms with Crippen molar-refractivity contribution >= 4 is 11.9 Å². The van der Waals surface area contributed by atoms with E-state index < -0.39 is 11.9 Å². The smallest absolute Gasteiger partial charge is 0.360 e. The average Bonchev–Trinajstić information content (AvgIpc) is 2.54. The summed E-state index contributed by atoms with van der Waals surface area (Å²) < 4.78 is 10.4. The first-order chi connectivity index (χ1) is 7.02. The fourth-order valence-electron chi connectivity index (χ4n) is 1.16. The number of carboxylic acid groups (broad SMARTS) is 1. The monoisotopic (exact) mass is 214 g/mol. The predicted molar refractivity (Wildman–Crippen MR) is 48.1 cm³/mol. The molecule has 0 saturated carbocycles. The number of aromatic carboxylic acids is 1. The van der Waals surface area contributed by atoms with Crippen LogP contribution in [0.2, 0.25) is 0 Å². The van der Waals surface area contributed by atoms with Gasteiger partial charge in [-0.05, 0) is 0 Å². The first-order valence-electron chi connectivity index (χ1n) is 3.95. The van der Waals surface area contributed by atoms with Gasteiger partial charge in [-0.1, -0.05) is 0 Å². The number of aromatic nitrogens is 2. The molecule has 7 nitrogen and oxygen atoms in total. The summed E-state index contributed by atoms with van der Waals surface area (Å²) in [5.74, 6) is -2.07. The van der Waals surface area contributed by atoms with Crippen LogP contribution in [0.1, 0.15) is 21.0 Å². The molecule has 0 bridgehead atoms. The van der Waals surface area contributed by atoms with E-state index in [1.165, 1.54) is 21.3 Å². The second-order valence-electron chi connectivity index (χ2n) is 2.65. The number of carbonyl (C=O) groups is 2. The molecule has 15 heavy (non-hydrogen) atoms. The molecule has 0 fully saturated rings. The number of carboxylic acids is 1. The Labute approximate surface area is 85.2 Å². The molecule has 1 N–H and O–H groups in total. The minimum absolute atomic E-state index is 0.0302. The summed E-state index contributed by atoms with van der Waals surface area (Å²) in [6, 6.07) is 0. The molecule has 0 aliphatic carbocycles. The van der Waals surface area contributed by atoms with Crippen molar-refractivity contribution in [3.05, 3.63) is 11.4 Å². The van der Waals surface area contributed by atoms with Gasteiger partial charge in [-0.2, -0.15) is 5.10 Å². The van der Waals surface area contributed by atoms with E-state index in [9.17, 15) is 9.59 Å². The standard InChI is InChI=1S/C8H10N2O5/c1-10-5(8(13)15-3)6(14-2)4(9-10)7(11)12/h1-3H3,(H,11,12). The second-order valence-corrected chi connectivity index (χ2v) is 2.65. The first-order valence-corrected chi connectivity index (χ1v) is 3.95. The van der Waals surface area contributed by atoms with E-state index in [0.29, 0.717) is 0 Å². The van der Waals surface area contributed by atoms with Gasteiger partial charge in [0.05, 0.1) is 14.2 Å². The van der Waals surface area contributed by atoms with Gasteiger partial charge in [0, 0.05) is 7.05 Å². The molecular weight excluding hydrogens is 204 g/mol. The molecule has 0 aliphatic heterocycles. The van der Waals surface area contributed by atoms with E-state index in [2.05, 4.69) is 9.84 Å². The molecule has 82 valence electrons. The Hall–Kier alpha value is -2.05. The minimum atomic E-state index is -1.27. The molecule has 0 unspecified atom stereocenters. The molecular formula is C8H10N2O5. The Morgan fingerprint density at radius 3 is 2.40 bits per heavy atom. The Morgan fingerprint density at radius 1 is 1.40 bits per heavy atom. The average molecular weight is 214 g/mol. The lowest BCUT2D eigenvalue weighted by Crippen LogP contribution is -2.09. The summed E-state index contributed by atoms with van der Waals surface area (Å²) in [5, 5.41) is 12.4. The van der Waals surface area contributed by atoms with Crippen LogP contribution in [0.4, 0.5) is 0 Å². The van der Waals surface area contributed by atoms with Crippen LogP contribution in [0.5, 0.6) is 5.75 Å². The largest absolute Gasteiger partial charge is 0.492 e. The number of aryl methyl sites for hydroxylation is 1. The molecule has 0 atom stereocenters. The summed E-state index contributed by atoms with van der Waals surface area (Å²) in [4.78, 5) is 22.0. The Kier molecular flexibility index (Phi) is 2.93. The third-order valence-electron chi connectivity index (χ3n) is 1.79. The van der Waals surface area contributed by atoms with E-state index >= 15 is 0 Å². The van der Waals surface area contributed by atoms with E-state index in [0.717, 1.165) is 4.68 Å². The summed E-state index contributed by atoms with van der Waals surface area (Å²) >= 11 is 0. The molecule has 0 aliphatic rings. The zero-order valence-corrected chi connectivity index (χ0v) is 8.47. The van der Waals surface area contributed by atoms with Crippen LogP contribution in [-0.2, 0) is 11.8 Å². The van der Waals surface area contributed by atoms with E-state index in [4.69, 9.17) is 9.84 Å². The van der Waals surface area contributed by atoms with Crippen molar-refractivity contribution < 1.29 is 24.2 Å². The third kappa shape index (κ3) is 1.76. The zero-order chi connectivity index (χ0) is 11.6. The van der Waals surface area contributed by atoms with Crippen molar-refractivity contribution in [2.24, 2.45) is 7.05 Å². The highest BCUT2D eigenvalue weighted by atomic mass is 16.5. The maximum Gasteiger partial charge on any atom is 0.360 e. The lowest BCUT2D eigenvalue weighted by Gasteiger charge is -2.02. The molecule has 1 aromatic rings. The number of hydrogen-bond acceptors (Lipinski definition) is 5. The van der Waals surface area contributed by atoms with Gasteiger partial charge in [-0.15, -0.1) is 0 Å². The fraction of sp³-hybridized carbons (Fsp3) is 0.375. The summed E-state index contributed by atoms with van der Waals surface area (Å²) in [7, 11) is 3.88. The van der Waals surface area contributed by atoms with Crippen molar-refractivity contribution in [1.29, 1.82) is 0 Å². The number of nitrogens with zero attached hydrogens (tertiary/aromatic N) is 2. The molecule has 0 saturated heterocycles. The molecule has 0 radical (unpaired) electrons. The van der Waals surface area contributed by atoms with Crippen molar-refractivity contribution in [3.63, 3.8) is 0 Å². The quantitative estimate of drug-likeness (QED) is 0.707. The van der Waals surface area contributed by atoms with Gasteiger partial charge in [0.15, 0.2) is 11.4 Å². The maximum absolute atomic E-state index is 11.3. The normalized spacial score (nSPS) is 9.80. The highest BCUT2D eigenvalue weighted by Gasteiger charge is 2.27. The van der Waals surface area contributed by atoms with Crippen molar-refractivity contribution in [1.82, 2.24) is 9.78 Å². The molecule has 1 heterocycles. The van der Waals surface area contributed by atoms with E-state index in [1.807, 2.05) is 0 Å². The lowest BCUT2D eigenvalue weighted by molar-refractivity contribution is 0.0584. The third-order valence-corrected chi connectivity index (χ3v) is 1.79. The number of carbonyl (C=O) groups excluding carboxylic acids is 1. The van der Waals surface area contributed by atoms with Gasteiger partial charge in [-0.25, -0.2) is 9.59 Å². The SMILES string of the molecule is COC(=O)c1c(OC)c(C(=O)O)nn1C. The van der Waals surface area contributed by atoms with Crippen LogP contribution < -0.4 is 4.74 Å². The first kappa shape index (κ1) is 11.0. The Morgan fingerprint density at radius 2 is 2.00 bits per heavy atom. The zero-order valence-electron chi connectivity index (χ0n) is 8.47. The molecule has 0 spiro atoms. The van der Waals surface area contributed by atoms with Crippen LogP contribution in [0.25, 0.3) is 0 Å². The van der Waals surface area contributed by atoms with Crippen molar-refractivity contribution in [2.45, 2.75) is 0 Å². The highest BCUT2D eigenvalue weighted by molar-refractivity contribution is 5.97. The highest BCUT2D eigenvalue weighted by Crippen LogP contribution is 2.23. The Bertz CT molecular complexity index is 409. The van der Waals surface area contributed by atoms with Crippen LogP contribution in [0.15, 0.2) is 0 Å². The van der Waals surface area contributed by atoms with Gasteiger partial charge in [-0.3, -0.25) is 4.68 Å². The maximum atomic E-state index is 11.3. The molecule has 0 aromatic carbocycles. The topological polar surface area (TPSA) is 90.7 Å². The van der Waals surface area contributed by atoms with Crippen LogP contribution in [0, 0.1) is 0 Å². The molecule has 7 heteroatoms. The van der Waals surface area contributed by atoms with Crippen molar-refractivity contribution in [3.8, 4) is 5.75 Å². The summed E-state index contributed by atoms with van der Waals surface area (Å²) in [6.45, 7) is 0. The molecule has 0 amide bonds. The summed E-state index contributed by atoms with van der Waals surface area (Å²) in [5.41, 5.74) is -0.349. The number of esters is 1. The van der Waals surface area contributed by atoms with Crippen LogP contribution in [-0.4, -0.2) is 41.0 Å². The number of rotatable bonds is 3. The number of hydrogen-bond donors (Lipinski definition) is 1. The number of ether oxygens (including phenoxy) is 2. The van der Waals surface area contributed by atoms with Gasteiger partial charge < -0.3 is 14.6 Å². The predicted octanol–water partition coefficient (Wildman–Crippen LogP) is -0.0865. The van der Waals surface area contributed by atoms with Gasteiger partial charge in [0.25, 0.3) is 0 Å². The van der Waals surface area contributed by atoms with Crippen molar-refractivity contribution in [2.75, 3.05) is 14.2 Å². The van der Waals surface area contributed by atoms with Crippen LogP contribution >= 0.6 is 0 Å². The molecule has 1 rings (SSSR count). The second kappa shape index (κ2) is 3.99. The fourth-order valence-corrected chi connectivity index (χ4v) is 1.16. The lowest BCUT2D eigenvalue weighted by atomic mass is 10.3. The summed E-state index contributed by atoms with van der Waals surface area (Å²) in [6.07, 6.45) is 0. The van der Waals surface area contributed by atoms with E-state index in [-0.39, 0.29) is 17.1 Å². The molecule has 1 aromatic heterocycles. The van der Waals surface area contributed by atoms with Crippen LogP contribution in [0.3, 0.4) is 0 Å². The van der Waals surface area contributed by atoms with Gasteiger partial charge in [0.1, 0.15) is 0 Å². The van der Waals surface area contributed by atoms with Gasteiger partial charge >= 0.3 is 11.9 Å². The Balaban J connectivity index is 3.38. The van der Waals surface area contributed by atoms with E-state index in [1.54, 1.807) is 0 Å².